The molecule has 0 saturated carbocycles. The van der Waals surface area contributed by atoms with E-state index in [4.69, 9.17) is 0 Å². The molecular weight excluding hydrogens is 281 g/mol. The Bertz CT molecular complexity index is 545. The second-order valence-electron chi connectivity index (χ2n) is 4.23. The molecule has 5 nitrogen and oxygen atoms in total. The zero-order chi connectivity index (χ0) is 14.5. The van der Waals surface area contributed by atoms with Gasteiger partial charge in [0, 0.05) is 11.3 Å². The Balaban J connectivity index is 1.89. The summed E-state index contributed by atoms with van der Waals surface area (Å²) < 4.78 is 12.8. The van der Waals surface area contributed by atoms with Crippen molar-refractivity contribution in [3.05, 3.63) is 35.6 Å². The van der Waals surface area contributed by atoms with E-state index in [-0.39, 0.29) is 5.91 Å². The first-order chi connectivity index (χ1) is 9.56. The Kier molecular flexibility index (Phi) is 4.73. The second kappa shape index (κ2) is 6.51. The zero-order valence-corrected chi connectivity index (χ0v) is 11.7. The number of aliphatic imine (C=N–C) groups is 1. The maximum Gasteiger partial charge on any atom is 0.251 e. The van der Waals surface area contributed by atoms with Crippen molar-refractivity contribution in [1.29, 1.82) is 0 Å². The predicted molar refractivity (Wildman–Crippen MR) is 76.2 cm³/mol. The lowest BCUT2D eigenvalue weighted by molar-refractivity contribution is -0.121. The summed E-state index contributed by atoms with van der Waals surface area (Å²) in [6, 6.07) is 4.43. The van der Waals surface area contributed by atoms with Gasteiger partial charge in [0.2, 0.25) is 5.91 Å². The minimum atomic E-state index is -0.698. The molecule has 20 heavy (non-hydrogen) atoms. The van der Waals surface area contributed by atoms with Gasteiger partial charge >= 0.3 is 0 Å². The molecule has 0 radical (unpaired) electrons. The molecule has 0 saturated heterocycles. The minimum Gasteiger partial charge on any atom is -0.341 e. The Morgan fingerprint density at radius 1 is 1.35 bits per heavy atom. The quantitative estimate of drug-likeness (QED) is 0.879. The van der Waals surface area contributed by atoms with Crippen molar-refractivity contribution in [2.75, 3.05) is 12.3 Å². The van der Waals surface area contributed by atoms with E-state index in [0.29, 0.717) is 17.3 Å². The van der Waals surface area contributed by atoms with Crippen molar-refractivity contribution in [3.8, 4) is 0 Å². The Morgan fingerprint density at radius 3 is 2.65 bits per heavy atom. The van der Waals surface area contributed by atoms with Crippen LogP contribution < -0.4 is 10.6 Å². The number of halogens is 1. The SMILES string of the molecule is C[C@H](NC(=O)c1ccc(F)cc1)C(=O)NC1=NCCS1. The highest BCUT2D eigenvalue weighted by Crippen LogP contribution is 2.09. The van der Waals surface area contributed by atoms with Crippen LogP contribution in [0.15, 0.2) is 29.3 Å². The van der Waals surface area contributed by atoms with E-state index in [1.807, 2.05) is 0 Å². The van der Waals surface area contributed by atoms with Crippen LogP contribution in [0.2, 0.25) is 0 Å². The first-order valence-corrected chi connectivity index (χ1v) is 7.09. The number of hydrogen-bond donors (Lipinski definition) is 2. The Labute approximate surface area is 120 Å². The van der Waals surface area contributed by atoms with Gasteiger partial charge in [0.05, 0.1) is 6.54 Å². The molecule has 1 aromatic carbocycles. The van der Waals surface area contributed by atoms with Gasteiger partial charge < -0.3 is 10.6 Å². The normalized spacial score (nSPS) is 15.4. The van der Waals surface area contributed by atoms with Gasteiger partial charge in [0.25, 0.3) is 5.91 Å². The van der Waals surface area contributed by atoms with E-state index in [0.717, 1.165) is 5.75 Å². The van der Waals surface area contributed by atoms with Gasteiger partial charge in [-0.1, -0.05) is 11.8 Å². The molecule has 2 amide bonds. The van der Waals surface area contributed by atoms with Crippen LogP contribution in [0.25, 0.3) is 0 Å². The van der Waals surface area contributed by atoms with Gasteiger partial charge in [-0.15, -0.1) is 0 Å². The maximum atomic E-state index is 12.8. The fraction of sp³-hybridized carbons (Fsp3) is 0.308. The molecule has 1 aromatic rings. The third-order valence-electron chi connectivity index (χ3n) is 2.66. The van der Waals surface area contributed by atoms with Gasteiger partial charge in [-0.25, -0.2) is 4.39 Å². The molecular formula is C13H14FN3O2S. The lowest BCUT2D eigenvalue weighted by atomic mass is 10.2. The van der Waals surface area contributed by atoms with Crippen LogP contribution in [0.5, 0.6) is 0 Å². The van der Waals surface area contributed by atoms with E-state index < -0.39 is 17.8 Å². The topological polar surface area (TPSA) is 70.6 Å². The fourth-order valence-electron chi connectivity index (χ4n) is 1.57. The average Bonchev–Trinajstić information content (AvgIpc) is 2.92. The molecule has 0 aromatic heterocycles. The molecule has 7 heteroatoms. The first kappa shape index (κ1) is 14.5. The molecule has 0 unspecified atom stereocenters. The molecule has 1 aliphatic heterocycles. The summed E-state index contributed by atoms with van der Waals surface area (Å²) in [5.41, 5.74) is 0.304. The number of hydrogen-bond acceptors (Lipinski definition) is 4. The van der Waals surface area contributed by atoms with Crippen LogP contribution in [0.3, 0.4) is 0 Å². The summed E-state index contributed by atoms with van der Waals surface area (Å²) in [6.07, 6.45) is 0. The highest BCUT2D eigenvalue weighted by atomic mass is 32.2. The van der Waals surface area contributed by atoms with Crippen molar-refractivity contribution < 1.29 is 14.0 Å². The Morgan fingerprint density at radius 2 is 2.05 bits per heavy atom. The first-order valence-electron chi connectivity index (χ1n) is 6.11. The smallest absolute Gasteiger partial charge is 0.251 e. The van der Waals surface area contributed by atoms with Gasteiger partial charge in [0.15, 0.2) is 5.17 Å². The monoisotopic (exact) mass is 295 g/mol. The minimum absolute atomic E-state index is 0.304. The lowest BCUT2D eigenvalue weighted by Crippen LogP contribution is -2.45. The molecule has 0 aliphatic carbocycles. The number of nitrogens with one attached hydrogen (secondary N) is 2. The largest absolute Gasteiger partial charge is 0.341 e. The standard InChI is InChI=1S/C13H14FN3O2S/c1-8(11(18)17-13-15-6-7-20-13)16-12(19)9-2-4-10(14)5-3-9/h2-5,8H,6-7H2,1H3,(H,16,19)(H,15,17,18)/t8-/m0/s1. The van der Waals surface area contributed by atoms with Crippen molar-refractivity contribution in [2.24, 2.45) is 4.99 Å². The molecule has 1 atom stereocenters. The number of amides is 2. The average molecular weight is 295 g/mol. The zero-order valence-electron chi connectivity index (χ0n) is 10.9. The van der Waals surface area contributed by atoms with Crippen LogP contribution in [-0.4, -0.2) is 35.3 Å². The number of thioether (sulfide) groups is 1. The number of carbonyl (C=O) groups is 2. The summed E-state index contributed by atoms with van der Waals surface area (Å²) in [4.78, 5) is 27.8. The molecule has 0 fully saturated rings. The van der Waals surface area contributed by atoms with Gasteiger partial charge in [-0.05, 0) is 31.2 Å². The maximum absolute atomic E-state index is 12.8. The molecule has 2 N–H and O–H groups in total. The van der Waals surface area contributed by atoms with Crippen LogP contribution in [0.1, 0.15) is 17.3 Å². The summed E-state index contributed by atoms with van der Waals surface area (Å²) in [5.74, 6) is -0.308. The Hall–Kier alpha value is -1.89. The van der Waals surface area contributed by atoms with E-state index >= 15 is 0 Å². The number of nitrogens with zero attached hydrogens (tertiary/aromatic N) is 1. The van der Waals surface area contributed by atoms with Crippen LogP contribution in [-0.2, 0) is 4.79 Å². The number of carbonyl (C=O) groups excluding carboxylic acids is 2. The predicted octanol–water partition coefficient (Wildman–Crippen LogP) is 1.16. The van der Waals surface area contributed by atoms with Crippen molar-refractivity contribution >= 4 is 28.7 Å². The van der Waals surface area contributed by atoms with E-state index in [1.54, 1.807) is 6.92 Å². The molecule has 1 aliphatic rings. The van der Waals surface area contributed by atoms with E-state index in [2.05, 4.69) is 15.6 Å². The van der Waals surface area contributed by atoms with Gasteiger partial charge in [0.1, 0.15) is 11.9 Å². The molecule has 0 spiro atoms. The van der Waals surface area contributed by atoms with E-state index in [9.17, 15) is 14.0 Å². The molecule has 106 valence electrons. The molecule has 0 bridgehead atoms. The van der Waals surface area contributed by atoms with Crippen LogP contribution in [0.4, 0.5) is 4.39 Å². The van der Waals surface area contributed by atoms with Crippen LogP contribution in [0, 0.1) is 5.82 Å². The third kappa shape index (κ3) is 3.80. The summed E-state index contributed by atoms with van der Waals surface area (Å²) >= 11 is 1.47. The number of rotatable bonds is 3. The van der Waals surface area contributed by atoms with Crippen molar-refractivity contribution in [1.82, 2.24) is 10.6 Å². The molecule has 1 heterocycles. The van der Waals surface area contributed by atoms with Gasteiger partial charge in [-0.3, -0.25) is 14.6 Å². The van der Waals surface area contributed by atoms with E-state index in [1.165, 1.54) is 36.0 Å². The third-order valence-corrected chi connectivity index (χ3v) is 3.55. The highest BCUT2D eigenvalue weighted by molar-refractivity contribution is 8.14. The fourth-order valence-corrected chi connectivity index (χ4v) is 2.30. The number of amidine groups is 1. The lowest BCUT2D eigenvalue weighted by Gasteiger charge is -2.13. The van der Waals surface area contributed by atoms with Crippen LogP contribution >= 0.6 is 11.8 Å². The summed E-state index contributed by atoms with van der Waals surface area (Å²) in [7, 11) is 0. The second-order valence-corrected chi connectivity index (χ2v) is 5.31. The van der Waals surface area contributed by atoms with Crippen molar-refractivity contribution in [3.63, 3.8) is 0 Å². The summed E-state index contributed by atoms with van der Waals surface area (Å²) in [5, 5.41) is 5.78. The summed E-state index contributed by atoms with van der Waals surface area (Å²) in [6.45, 7) is 2.27. The number of benzene rings is 1. The molecule has 2 rings (SSSR count). The van der Waals surface area contributed by atoms with Gasteiger partial charge in [-0.2, -0.15) is 0 Å². The van der Waals surface area contributed by atoms with Crippen molar-refractivity contribution in [2.45, 2.75) is 13.0 Å². The highest BCUT2D eigenvalue weighted by Gasteiger charge is 2.19.